The van der Waals surface area contributed by atoms with Crippen molar-refractivity contribution in [2.75, 3.05) is 13.1 Å². The Morgan fingerprint density at radius 2 is 2.17 bits per heavy atom. The molecule has 3 unspecified atom stereocenters. The largest absolute Gasteiger partial charge is 0.329 e. The minimum absolute atomic E-state index is 0.316. The van der Waals surface area contributed by atoms with Crippen LogP contribution < -0.4 is 5.73 Å². The molecule has 18 heavy (non-hydrogen) atoms. The first-order valence-electron chi connectivity index (χ1n) is 6.98. The SMILES string of the molecule is Cc1nn(C)cc1C(CN)N1CC(C)CCC1C. The third-order valence-corrected chi connectivity index (χ3v) is 4.20. The Morgan fingerprint density at radius 1 is 1.44 bits per heavy atom. The second-order valence-corrected chi connectivity index (χ2v) is 5.82. The van der Waals surface area contributed by atoms with Crippen molar-refractivity contribution in [1.29, 1.82) is 0 Å². The first kappa shape index (κ1) is 13.6. The van der Waals surface area contributed by atoms with Crippen molar-refractivity contribution in [2.24, 2.45) is 18.7 Å². The average Bonchev–Trinajstić information content (AvgIpc) is 2.64. The summed E-state index contributed by atoms with van der Waals surface area (Å²) in [7, 11) is 1.98. The number of piperidine rings is 1. The summed E-state index contributed by atoms with van der Waals surface area (Å²) in [5.41, 5.74) is 8.44. The summed E-state index contributed by atoms with van der Waals surface area (Å²) in [4.78, 5) is 2.57. The topological polar surface area (TPSA) is 47.1 Å². The standard InChI is InChI=1S/C14H26N4/c1-10-5-6-11(2)18(8-10)14(7-15)13-9-17(4)16-12(13)3/h9-11,14H,5-8,15H2,1-4H3. The van der Waals surface area contributed by atoms with E-state index in [1.54, 1.807) is 0 Å². The Kier molecular flexibility index (Phi) is 4.07. The normalized spacial score (nSPS) is 27.4. The molecule has 4 nitrogen and oxygen atoms in total. The van der Waals surface area contributed by atoms with E-state index >= 15 is 0 Å². The molecule has 2 rings (SSSR count). The summed E-state index contributed by atoms with van der Waals surface area (Å²) >= 11 is 0. The molecular formula is C14H26N4. The molecule has 0 aromatic carbocycles. The van der Waals surface area contributed by atoms with Crippen molar-refractivity contribution in [3.8, 4) is 0 Å². The van der Waals surface area contributed by atoms with E-state index in [1.807, 2.05) is 11.7 Å². The lowest BCUT2D eigenvalue weighted by atomic mass is 9.92. The van der Waals surface area contributed by atoms with E-state index in [1.165, 1.54) is 18.4 Å². The Hall–Kier alpha value is -0.870. The van der Waals surface area contributed by atoms with Crippen LogP contribution in [0.1, 0.15) is 44.0 Å². The van der Waals surface area contributed by atoms with Crippen molar-refractivity contribution < 1.29 is 0 Å². The monoisotopic (exact) mass is 250 g/mol. The number of nitrogens with zero attached hydrogens (tertiary/aromatic N) is 3. The molecular weight excluding hydrogens is 224 g/mol. The van der Waals surface area contributed by atoms with Crippen molar-refractivity contribution in [1.82, 2.24) is 14.7 Å². The van der Waals surface area contributed by atoms with Crippen LogP contribution in [0.2, 0.25) is 0 Å². The second kappa shape index (κ2) is 5.41. The molecule has 0 aliphatic carbocycles. The predicted molar refractivity (Wildman–Crippen MR) is 74.3 cm³/mol. The summed E-state index contributed by atoms with van der Waals surface area (Å²) in [6, 6.07) is 0.936. The molecule has 1 aliphatic heterocycles. The van der Waals surface area contributed by atoms with Crippen LogP contribution in [0.3, 0.4) is 0 Å². The van der Waals surface area contributed by atoms with E-state index < -0.39 is 0 Å². The Bertz CT molecular complexity index is 398. The number of nitrogens with two attached hydrogens (primary N) is 1. The van der Waals surface area contributed by atoms with Crippen molar-refractivity contribution in [3.63, 3.8) is 0 Å². The average molecular weight is 250 g/mol. The van der Waals surface area contributed by atoms with Crippen LogP contribution >= 0.6 is 0 Å². The number of likely N-dealkylation sites (tertiary alicyclic amines) is 1. The molecule has 102 valence electrons. The fourth-order valence-electron chi connectivity index (χ4n) is 3.14. The van der Waals surface area contributed by atoms with Crippen LogP contribution in [-0.2, 0) is 7.05 Å². The van der Waals surface area contributed by atoms with Crippen LogP contribution in [0.15, 0.2) is 6.20 Å². The highest BCUT2D eigenvalue weighted by atomic mass is 15.3. The molecule has 4 heteroatoms. The van der Waals surface area contributed by atoms with Crippen molar-refractivity contribution in [2.45, 2.75) is 45.7 Å². The Balaban J connectivity index is 2.24. The van der Waals surface area contributed by atoms with Gasteiger partial charge in [0.1, 0.15) is 0 Å². The van der Waals surface area contributed by atoms with Gasteiger partial charge < -0.3 is 5.73 Å². The lowest BCUT2D eigenvalue weighted by Gasteiger charge is -2.41. The van der Waals surface area contributed by atoms with Crippen LogP contribution in [-0.4, -0.2) is 33.8 Å². The molecule has 0 amide bonds. The van der Waals surface area contributed by atoms with Gasteiger partial charge in [-0.3, -0.25) is 9.58 Å². The van der Waals surface area contributed by atoms with Crippen molar-refractivity contribution in [3.05, 3.63) is 17.5 Å². The van der Waals surface area contributed by atoms with E-state index in [-0.39, 0.29) is 0 Å². The van der Waals surface area contributed by atoms with Crippen LogP contribution in [0, 0.1) is 12.8 Å². The highest BCUT2D eigenvalue weighted by Gasteiger charge is 2.30. The zero-order valence-corrected chi connectivity index (χ0v) is 12.1. The number of hydrogen-bond acceptors (Lipinski definition) is 3. The smallest absolute Gasteiger partial charge is 0.0641 e. The third-order valence-electron chi connectivity index (χ3n) is 4.20. The van der Waals surface area contributed by atoms with Gasteiger partial charge in [-0.1, -0.05) is 6.92 Å². The second-order valence-electron chi connectivity index (χ2n) is 5.82. The fraction of sp³-hybridized carbons (Fsp3) is 0.786. The zero-order valence-electron chi connectivity index (χ0n) is 12.1. The number of hydrogen-bond donors (Lipinski definition) is 1. The van der Waals surface area contributed by atoms with E-state index in [4.69, 9.17) is 5.73 Å². The van der Waals surface area contributed by atoms with Crippen LogP contribution in [0.25, 0.3) is 0 Å². The molecule has 3 atom stereocenters. The maximum absolute atomic E-state index is 6.04. The molecule has 1 aliphatic rings. The Morgan fingerprint density at radius 3 is 2.72 bits per heavy atom. The van der Waals surface area contributed by atoms with E-state index in [2.05, 4.69) is 37.0 Å². The molecule has 1 fully saturated rings. The fourth-order valence-corrected chi connectivity index (χ4v) is 3.14. The first-order chi connectivity index (χ1) is 8.52. The molecule has 2 heterocycles. The van der Waals surface area contributed by atoms with Gasteiger partial charge in [-0.2, -0.15) is 5.10 Å². The lowest BCUT2D eigenvalue weighted by molar-refractivity contribution is 0.0795. The molecule has 1 aromatic rings. The maximum Gasteiger partial charge on any atom is 0.0641 e. The summed E-state index contributed by atoms with van der Waals surface area (Å²) in [6.45, 7) is 8.56. The summed E-state index contributed by atoms with van der Waals surface area (Å²) in [6.07, 6.45) is 4.73. The van der Waals surface area contributed by atoms with Gasteiger partial charge in [0, 0.05) is 37.9 Å². The number of rotatable bonds is 3. The molecule has 1 aromatic heterocycles. The van der Waals surface area contributed by atoms with Gasteiger partial charge in [0.15, 0.2) is 0 Å². The molecule has 2 N–H and O–H groups in total. The minimum atomic E-state index is 0.316. The van der Waals surface area contributed by atoms with Crippen LogP contribution in [0.4, 0.5) is 0 Å². The molecule has 0 spiro atoms. The highest BCUT2D eigenvalue weighted by Crippen LogP contribution is 2.31. The summed E-state index contributed by atoms with van der Waals surface area (Å²) in [5, 5.41) is 4.45. The van der Waals surface area contributed by atoms with Gasteiger partial charge in [0.25, 0.3) is 0 Å². The minimum Gasteiger partial charge on any atom is -0.329 e. The Labute approximate surface area is 110 Å². The first-order valence-corrected chi connectivity index (χ1v) is 6.98. The summed E-state index contributed by atoms with van der Waals surface area (Å²) in [5.74, 6) is 0.771. The highest BCUT2D eigenvalue weighted by molar-refractivity contribution is 5.21. The molecule has 0 saturated carbocycles. The van der Waals surface area contributed by atoms with Gasteiger partial charge in [-0.05, 0) is 32.6 Å². The predicted octanol–water partition coefficient (Wildman–Crippen LogP) is 1.85. The number of aromatic nitrogens is 2. The summed E-state index contributed by atoms with van der Waals surface area (Å²) < 4.78 is 1.89. The van der Waals surface area contributed by atoms with E-state index in [9.17, 15) is 0 Å². The quantitative estimate of drug-likeness (QED) is 0.890. The van der Waals surface area contributed by atoms with Gasteiger partial charge in [0.05, 0.1) is 11.7 Å². The maximum atomic E-state index is 6.04. The van der Waals surface area contributed by atoms with E-state index in [0.717, 1.165) is 18.2 Å². The third kappa shape index (κ3) is 2.59. The van der Waals surface area contributed by atoms with Crippen molar-refractivity contribution >= 4 is 0 Å². The molecule has 1 saturated heterocycles. The molecule has 0 radical (unpaired) electrons. The zero-order chi connectivity index (χ0) is 13.3. The lowest BCUT2D eigenvalue weighted by Crippen LogP contribution is -2.45. The van der Waals surface area contributed by atoms with Gasteiger partial charge in [0.2, 0.25) is 0 Å². The number of aryl methyl sites for hydroxylation is 2. The van der Waals surface area contributed by atoms with Gasteiger partial charge >= 0.3 is 0 Å². The van der Waals surface area contributed by atoms with Gasteiger partial charge in [-0.25, -0.2) is 0 Å². The van der Waals surface area contributed by atoms with Crippen LogP contribution in [0.5, 0.6) is 0 Å². The van der Waals surface area contributed by atoms with E-state index in [0.29, 0.717) is 18.6 Å². The van der Waals surface area contributed by atoms with Gasteiger partial charge in [-0.15, -0.1) is 0 Å². The molecule has 0 bridgehead atoms.